The fraction of sp³-hybridized carbons (Fsp3) is 0.600. The Labute approximate surface area is 114 Å². The van der Waals surface area contributed by atoms with Crippen LogP contribution in [0.1, 0.15) is 19.8 Å². The van der Waals surface area contributed by atoms with Crippen LogP contribution in [0, 0.1) is 5.92 Å². The molecule has 0 aromatic rings. The highest BCUT2D eigenvalue weighted by molar-refractivity contribution is 5.80. The van der Waals surface area contributed by atoms with Crippen molar-refractivity contribution in [2.45, 2.75) is 31.8 Å². The standard InChI is InChI=1S/C6H11NO4.C4H7NO4/c1-3(5(8)9)2-4(7)6(10)11;5-2(4(8)9)1-3(6)7/h3-4H,2,7H2,1H3,(H,8,9)(H,10,11);2H,1,5H2,(H,6,7)(H,8,9)/t3-,4+;/m1./s1. The van der Waals surface area contributed by atoms with Crippen LogP contribution in [0.15, 0.2) is 0 Å². The van der Waals surface area contributed by atoms with Gasteiger partial charge in [-0.1, -0.05) is 6.92 Å². The Hall–Kier alpha value is -2.20. The van der Waals surface area contributed by atoms with Gasteiger partial charge < -0.3 is 31.9 Å². The highest BCUT2D eigenvalue weighted by Crippen LogP contribution is 2.04. The van der Waals surface area contributed by atoms with Gasteiger partial charge in [0.25, 0.3) is 0 Å². The predicted molar refractivity (Wildman–Crippen MR) is 64.9 cm³/mol. The second kappa shape index (κ2) is 9.69. The molecule has 116 valence electrons. The summed E-state index contributed by atoms with van der Waals surface area (Å²) in [6.07, 6.45) is -0.569. The fourth-order valence-electron chi connectivity index (χ4n) is 0.858. The summed E-state index contributed by atoms with van der Waals surface area (Å²) < 4.78 is 0. The second-order valence-corrected chi connectivity index (χ2v) is 3.96. The third kappa shape index (κ3) is 10.9. The molecule has 0 aromatic heterocycles. The van der Waals surface area contributed by atoms with E-state index in [9.17, 15) is 19.2 Å². The van der Waals surface area contributed by atoms with Crippen molar-refractivity contribution < 1.29 is 39.6 Å². The average molecular weight is 294 g/mol. The smallest absolute Gasteiger partial charge is 0.321 e. The molecule has 0 aromatic carbocycles. The molecule has 10 nitrogen and oxygen atoms in total. The number of hydrogen-bond acceptors (Lipinski definition) is 6. The highest BCUT2D eigenvalue weighted by Gasteiger charge is 2.19. The minimum Gasteiger partial charge on any atom is -0.481 e. The van der Waals surface area contributed by atoms with Gasteiger partial charge in [0.2, 0.25) is 0 Å². The Balaban J connectivity index is 0. The van der Waals surface area contributed by atoms with E-state index in [1.807, 2.05) is 0 Å². The minimum absolute atomic E-state index is 0.0370. The van der Waals surface area contributed by atoms with Gasteiger partial charge in [0.15, 0.2) is 0 Å². The van der Waals surface area contributed by atoms with E-state index in [2.05, 4.69) is 0 Å². The minimum atomic E-state index is -1.29. The zero-order chi connectivity index (χ0) is 16.5. The third-order valence-electron chi connectivity index (χ3n) is 2.06. The summed E-state index contributed by atoms with van der Waals surface area (Å²) in [6.45, 7) is 1.42. The number of hydrogen-bond donors (Lipinski definition) is 6. The summed E-state index contributed by atoms with van der Waals surface area (Å²) >= 11 is 0. The summed E-state index contributed by atoms with van der Waals surface area (Å²) in [6, 6.07) is -2.37. The molecule has 0 fully saturated rings. The molecular weight excluding hydrogens is 276 g/mol. The van der Waals surface area contributed by atoms with E-state index in [4.69, 9.17) is 31.9 Å². The Morgan fingerprint density at radius 2 is 1.25 bits per heavy atom. The Morgan fingerprint density at radius 3 is 1.45 bits per heavy atom. The molecule has 10 heteroatoms. The van der Waals surface area contributed by atoms with E-state index < -0.39 is 48.3 Å². The maximum atomic E-state index is 10.2. The fourth-order valence-corrected chi connectivity index (χ4v) is 0.858. The molecule has 0 radical (unpaired) electrons. The van der Waals surface area contributed by atoms with Crippen molar-refractivity contribution in [2.24, 2.45) is 17.4 Å². The maximum absolute atomic E-state index is 10.2. The van der Waals surface area contributed by atoms with Crippen LogP contribution in [0.2, 0.25) is 0 Å². The van der Waals surface area contributed by atoms with Crippen molar-refractivity contribution in [2.75, 3.05) is 0 Å². The van der Waals surface area contributed by atoms with Crippen LogP contribution < -0.4 is 11.5 Å². The number of nitrogens with two attached hydrogens (primary N) is 2. The molecule has 0 aliphatic rings. The molecule has 0 spiro atoms. The van der Waals surface area contributed by atoms with Crippen molar-refractivity contribution in [1.29, 1.82) is 0 Å². The lowest BCUT2D eigenvalue weighted by atomic mass is 10.0. The number of carbonyl (C=O) groups is 4. The molecule has 0 bridgehead atoms. The average Bonchev–Trinajstić information content (AvgIpc) is 2.28. The van der Waals surface area contributed by atoms with Crippen molar-refractivity contribution in [3.05, 3.63) is 0 Å². The van der Waals surface area contributed by atoms with Crippen LogP contribution in [0.4, 0.5) is 0 Å². The molecule has 20 heavy (non-hydrogen) atoms. The summed E-state index contributed by atoms with van der Waals surface area (Å²) in [5.41, 5.74) is 9.93. The third-order valence-corrected chi connectivity index (χ3v) is 2.06. The van der Waals surface area contributed by atoms with Crippen LogP contribution >= 0.6 is 0 Å². The largest absolute Gasteiger partial charge is 0.481 e. The van der Waals surface area contributed by atoms with Crippen LogP contribution in [-0.2, 0) is 19.2 Å². The molecular formula is C10H18N2O8. The maximum Gasteiger partial charge on any atom is 0.321 e. The van der Waals surface area contributed by atoms with Gasteiger partial charge in [-0.05, 0) is 6.42 Å². The molecule has 0 saturated carbocycles. The van der Waals surface area contributed by atoms with Crippen LogP contribution in [0.25, 0.3) is 0 Å². The van der Waals surface area contributed by atoms with Gasteiger partial charge >= 0.3 is 23.9 Å². The number of carboxylic acids is 4. The second-order valence-electron chi connectivity index (χ2n) is 3.96. The molecule has 0 saturated heterocycles. The Bertz CT molecular complexity index is 352. The van der Waals surface area contributed by atoms with E-state index >= 15 is 0 Å². The molecule has 1 unspecified atom stereocenters. The first kappa shape index (κ1) is 20.1. The summed E-state index contributed by atoms with van der Waals surface area (Å²) in [5, 5.41) is 32.7. The first-order valence-electron chi connectivity index (χ1n) is 5.40. The van der Waals surface area contributed by atoms with Crippen molar-refractivity contribution >= 4 is 23.9 Å². The van der Waals surface area contributed by atoms with Crippen molar-refractivity contribution in [3.63, 3.8) is 0 Å². The summed E-state index contributed by atoms with van der Waals surface area (Å²) in [4.78, 5) is 40.0. The first-order chi connectivity index (χ1) is 8.98. The molecule has 0 aliphatic heterocycles. The zero-order valence-corrected chi connectivity index (χ0v) is 10.7. The predicted octanol–water partition coefficient (Wildman–Crippen LogP) is -1.62. The first-order valence-corrected chi connectivity index (χ1v) is 5.40. The van der Waals surface area contributed by atoms with Crippen LogP contribution in [0.5, 0.6) is 0 Å². The zero-order valence-electron chi connectivity index (χ0n) is 10.7. The van der Waals surface area contributed by atoms with Crippen molar-refractivity contribution in [1.82, 2.24) is 0 Å². The van der Waals surface area contributed by atoms with Gasteiger partial charge in [-0.2, -0.15) is 0 Å². The molecule has 0 rings (SSSR count). The Kier molecular flexibility index (Phi) is 9.75. The molecule has 0 amide bonds. The normalized spacial score (nSPS) is 14.2. The van der Waals surface area contributed by atoms with Crippen LogP contribution in [-0.4, -0.2) is 56.4 Å². The SMILES string of the molecule is C[C@H](C[C@H](N)C(=O)O)C(=O)O.NC(CC(=O)O)C(=O)O. The van der Waals surface area contributed by atoms with Gasteiger partial charge in [-0.25, -0.2) is 0 Å². The lowest BCUT2D eigenvalue weighted by Crippen LogP contribution is -2.33. The van der Waals surface area contributed by atoms with Gasteiger partial charge in [-0.3, -0.25) is 19.2 Å². The van der Waals surface area contributed by atoms with E-state index in [1.165, 1.54) is 6.92 Å². The summed E-state index contributed by atoms with van der Waals surface area (Å²) in [5.74, 6) is -5.40. The monoisotopic (exact) mass is 294 g/mol. The van der Waals surface area contributed by atoms with Crippen LogP contribution in [0.3, 0.4) is 0 Å². The molecule has 8 N–H and O–H groups in total. The molecule has 3 atom stereocenters. The quantitative estimate of drug-likeness (QED) is 0.317. The number of rotatable bonds is 7. The van der Waals surface area contributed by atoms with Gasteiger partial charge in [0.05, 0.1) is 12.3 Å². The topological polar surface area (TPSA) is 201 Å². The number of carboxylic acid groups (broad SMARTS) is 4. The molecule has 0 heterocycles. The van der Waals surface area contributed by atoms with Gasteiger partial charge in [0.1, 0.15) is 12.1 Å². The Morgan fingerprint density at radius 1 is 0.850 bits per heavy atom. The molecule has 0 aliphatic carbocycles. The van der Waals surface area contributed by atoms with E-state index in [0.29, 0.717) is 0 Å². The van der Waals surface area contributed by atoms with Gasteiger partial charge in [-0.15, -0.1) is 0 Å². The van der Waals surface area contributed by atoms with Gasteiger partial charge in [0, 0.05) is 0 Å². The van der Waals surface area contributed by atoms with Crippen molar-refractivity contribution in [3.8, 4) is 0 Å². The highest BCUT2D eigenvalue weighted by atomic mass is 16.4. The number of aliphatic carboxylic acids is 4. The van der Waals surface area contributed by atoms with E-state index in [1.54, 1.807) is 0 Å². The van der Waals surface area contributed by atoms with E-state index in [0.717, 1.165) is 0 Å². The van der Waals surface area contributed by atoms with E-state index in [-0.39, 0.29) is 6.42 Å². The summed E-state index contributed by atoms with van der Waals surface area (Å²) in [7, 11) is 0. The lowest BCUT2D eigenvalue weighted by molar-refractivity contribution is -0.144. The lowest BCUT2D eigenvalue weighted by Gasteiger charge is -2.08.